The summed E-state index contributed by atoms with van der Waals surface area (Å²) in [5, 5.41) is 2.82. The molecule has 0 aliphatic rings. The van der Waals surface area contributed by atoms with Gasteiger partial charge >= 0.3 is 0 Å². The first-order valence-electron chi connectivity index (χ1n) is 7.12. The molecule has 0 aliphatic carbocycles. The highest BCUT2D eigenvalue weighted by Gasteiger charge is 2.04. The van der Waals surface area contributed by atoms with E-state index in [9.17, 15) is 9.18 Å². The molecule has 0 spiro atoms. The van der Waals surface area contributed by atoms with Crippen LogP contribution in [0.5, 0.6) is 0 Å². The molecule has 0 saturated heterocycles. The third kappa shape index (κ3) is 4.71. The van der Waals surface area contributed by atoms with Gasteiger partial charge in [-0.2, -0.15) is 0 Å². The predicted molar refractivity (Wildman–Crippen MR) is 82.5 cm³/mol. The monoisotopic (exact) mass is 285 g/mol. The zero-order chi connectivity index (χ0) is 15.2. The Bertz CT molecular complexity index is 637. The molecule has 0 bridgehead atoms. The van der Waals surface area contributed by atoms with Gasteiger partial charge in [0.05, 0.1) is 0 Å². The van der Waals surface area contributed by atoms with E-state index in [1.54, 1.807) is 13.0 Å². The van der Waals surface area contributed by atoms with Crippen molar-refractivity contribution in [3.63, 3.8) is 0 Å². The largest absolute Gasteiger partial charge is 0.352 e. The predicted octanol–water partition coefficient (Wildman–Crippen LogP) is 3.69. The van der Waals surface area contributed by atoms with Gasteiger partial charge in [-0.3, -0.25) is 4.79 Å². The van der Waals surface area contributed by atoms with Crippen LogP contribution in [0.1, 0.15) is 28.7 Å². The molecule has 2 aromatic carbocycles. The maximum Gasteiger partial charge on any atom is 0.220 e. The second-order valence-electron chi connectivity index (χ2n) is 5.35. The van der Waals surface area contributed by atoms with Crippen molar-refractivity contribution >= 4 is 5.91 Å². The Labute approximate surface area is 125 Å². The number of amides is 1. The van der Waals surface area contributed by atoms with Gasteiger partial charge in [0.15, 0.2) is 0 Å². The van der Waals surface area contributed by atoms with Crippen molar-refractivity contribution < 1.29 is 9.18 Å². The van der Waals surface area contributed by atoms with Crippen LogP contribution >= 0.6 is 0 Å². The third-order valence-corrected chi connectivity index (χ3v) is 3.45. The molecule has 0 fully saturated rings. The molecule has 3 heteroatoms. The van der Waals surface area contributed by atoms with E-state index >= 15 is 0 Å². The lowest BCUT2D eigenvalue weighted by molar-refractivity contribution is -0.121. The van der Waals surface area contributed by atoms with Crippen LogP contribution in [-0.4, -0.2) is 5.91 Å². The summed E-state index contributed by atoms with van der Waals surface area (Å²) >= 11 is 0. The molecule has 0 heterocycles. The smallest absolute Gasteiger partial charge is 0.220 e. The second-order valence-corrected chi connectivity index (χ2v) is 5.35. The lowest BCUT2D eigenvalue weighted by atomic mass is 10.1. The van der Waals surface area contributed by atoms with Gasteiger partial charge in [0.2, 0.25) is 5.91 Å². The summed E-state index contributed by atoms with van der Waals surface area (Å²) in [6.07, 6.45) is 1.16. The quantitative estimate of drug-likeness (QED) is 0.892. The van der Waals surface area contributed by atoms with E-state index in [0.29, 0.717) is 18.5 Å². The molecular weight excluding hydrogens is 265 g/mol. The number of aryl methyl sites for hydroxylation is 3. The molecule has 21 heavy (non-hydrogen) atoms. The molecule has 0 saturated carbocycles. The first kappa shape index (κ1) is 15.2. The van der Waals surface area contributed by atoms with Gasteiger partial charge in [0.1, 0.15) is 5.82 Å². The Morgan fingerprint density at radius 2 is 1.90 bits per heavy atom. The average Bonchev–Trinajstić information content (AvgIpc) is 2.46. The Morgan fingerprint density at radius 3 is 2.62 bits per heavy atom. The maximum atomic E-state index is 13.4. The Kier molecular flexibility index (Phi) is 5.09. The summed E-state index contributed by atoms with van der Waals surface area (Å²) < 4.78 is 13.4. The summed E-state index contributed by atoms with van der Waals surface area (Å²) in [6, 6.07) is 13.2. The zero-order valence-electron chi connectivity index (χ0n) is 12.4. The van der Waals surface area contributed by atoms with E-state index in [2.05, 4.69) is 11.4 Å². The molecule has 0 atom stereocenters. The minimum absolute atomic E-state index is 0.0162. The van der Waals surface area contributed by atoms with E-state index in [1.165, 1.54) is 11.6 Å². The van der Waals surface area contributed by atoms with Crippen molar-refractivity contribution in [2.24, 2.45) is 0 Å². The summed E-state index contributed by atoms with van der Waals surface area (Å²) in [6.45, 7) is 4.12. The molecule has 0 radical (unpaired) electrons. The number of hydrogen-bond donors (Lipinski definition) is 1. The van der Waals surface area contributed by atoms with E-state index < -0.39 is 0 Å². The van der Waals surface area contributed by atoms with E-state index in [0.717, 1.165) is 17.5 Å². The van der Waals surface area contributed by atoms with E-state index in [-0.39, 0.29) is 11.7 Å². The molecule has 2 rings (SSSR count). The van der Waals surface area contributed by atoms with Crippen molar-refractivity contribution in [1.82, 2.24) is 5.32 Å². The molecule has 1 amide bonds. The van der Waals surface area contributed by atoms with Crippen molar-refractivity contribution in [2.75, 3.05) is 0 Å². The average molecular weight is 285 g/mol. The third-order valence-electron chi connectivity index (χ3n) is 3.45. The fourth-order valence-electron chi connectivity index (χ4n) is 2.16. The van der Waals surface area contributed by atoms with Crippen LogP contribution in [0.4, 0.5) is 4.39 Å². The number of carbonyl (C=O) groups is 1. The standard InChI is InChI=1S/C18H20FNO/c1-13-4-3-5-15(10-13)8-9-18(21)20-12-16-7-6-14(2)17(19)11-16/h3-7,10-11H,8-9,12H2,1-2H3,(H,20,21). The molecule has 110 valence electrons. The van der Waals surface area contributed by atoms with Crippen LogP contribution < -0.4 is 5.32 Å². The van der Waals surface area contributed by atoms with Crippen LogP contribution in [-0.2, 0) is 17.8 Å². The first-order chi connectivity index (χ1) is 10.0. The Morgan fingerprint density at radius 1 is 1.10 bits per heavy atom. The minimum Gasteiger partial charge on any atom is -0.352 e. The molecule has 0 aromatic heterocycles. The van der Waals surface area contributed by atoms with Crippen LogP contribution in [0.3, 0.4) is 0 Å². The second kappa shape index (κ2) is 7.02. The summed E-state index contributed by atoms with van der Waals surface area (Å²) in [4.78, 5) is 11.8. The number of halogens is 1. The first-order valence-corrected chi connectivity index (χ1v) is 7.12. The highest BCUT2D eigenvalue weighted by atomic mass is 19.1. The van der Waals surface area contributed by atoms with Crippen LogP contribution in [0.15, 0.2) is 42.5 Å². The Hall–Kier alpha value is -2.16. The number of carbonyl (C=O) groups excluding carboxylic acids is 1. The van der Waals surface area contributed by atoms with Crippen LogP contribution in [0.25, 0.3) is 0 Å². The van der Waals surface area contributed by atoms with Crippen molar-refractivity contribution in [3.05, 3.63) is 70.5 Å². The van der Waals surface area contributed by atoms with Gasteiger partial charge in [-0.05, 0) is 43.0 Å². The summed E-state index contributed by atoms with van der Waals surface area (Å²) in [5.41, 5.74) is 3.75. The van der Waals surface area contributed by atoms with Crippen molar-refractivity contribution in [2.45, 2.75) is 33.2 Å². The van der Waals surface area contributed by atoms with Crippen molar-refractivity contribution in [1.29, 1.82) is 0 Å². The van der Waals surface area contributed by atoms with Gasteiger partial charge < -0.3 is 5.32 Å². The summed E-state index contributed by atoms with van der Waals surface area (Å²) in [7, 11) is 0. The normalized spacial score (nSPS) is 10.4. The van der Waals surface area contributed by atoms with Crippen molar-refractivity contribution in [3.8, 4) is 0 Å². The highest BCUT2D eigenvalue weighted by Crippen LogP contribution is 2.09. The lowest BCUT2D eigenvalue weighted by Crippen LogP contribution is -2.23. The molecule has 0 unspecified atom stereocenters. The fourth-order valence-corrected chi connectivity index (χ4v) is 2.16. The fraction of sp³-hybridized carbons (Fsp3) is 0.278. The SMILES string of the molecule is Cc1cccc(CCC(=O)NCc2ccc(C)c(F)c2)c1. The number of hydrogen-bond acceptors (Lipinski definition) is 1. The zero-order valence-corrected chi connectivity index (χ0v) is 12.4. The minimum atomic E-state index is -0.235. The van der Waals surface area contributed by atoms with E-state index in [1.807, 2.05) is 31.2 Å². The number of rotatable bonds is 5. The van der Waals surface area contributed by atoms with Gasteiger partial charge in [-0.15, -0.1) is 0 Å². The van der Waals surface area contributed by atoms with Gasteiger partial charge in [0.25, 0.3) is 0 Å². The Balaban J connectivity index is 1.80. The molecule has 2 nitrogen and oxygen atoms in total. The molecular formula is C18H20FNO. The van der Waals surface area contributed by atoms with Crippen LogP contribution in [0.2, 0.25) is 0 Å². The number of benzene rings is 2. The highest BCUT2D eigenvalue weighted by molar-refractivity contribution is 5.76. The maximum absolute atomic E-state index is 13.4. The number of nitrogens with one attached hydrogen (secondary N) is 1. The van der Waals surface area contributed by atoms with Gasteiger partial charge in [0, 0.05) is 13.0 Å². The molecule has 0 aliphatic heterocycles. The van der Waals surface area contributed by atoms with Crippen LogP contribution in [0, 0.1) is 19.7 Å². The molecule has 1 N–H and O–H groups in total. The molecule has 2 aromatic rings. The topological polar surface area (TPSA) is 29.1 Å². The lowest BCUT2D eigenvalue weighted by Gasteiger charge is -2.07. The summed E-state index contributed by atoms with van der Waals surface area (Å²) in [5.74, 6) is -0.251. The van der Waals surface area contributed by atoms with E-state index in [4.69, 9.17) is 0 Å². The van der Waals surface area contributed by atoms with Gasteiger partial charge in [-0.25, -0.2) is 4.39 Å². The van der Waals surface area contributed by atoms with Gasteiger partial charge in [-0.1, -0.05) is 42.0 Å².